The molecular formula is C10H9Br2NS2. The first-order valence-corrected chi connectivity index (χ1v) is 7.61. The van der Waals surface area contributed by atoms with E-state index in [0.29, 0.717) is 0 Å². The van der Waals surface area contributed by atoms with E-state index >= 15 is 0 Å². The molecule has 0 aliphatic heterocycles. The van der Waals surface area contributed by atoms with E-state index in [4.69, 9.17) is 5.73 Å². The Balaban J connectivity index is 2.35. The summed E-state index contributed by atoms with van der Waals surface area (Å²) in [5.41, 5.74) is 7.37. The van der Waals surface area contributed by atoms with Crippen molar-refractivity contribution in [3.05, 3.63) is 41.1 Å². The Labute approximate surface area is 114 Å². The van der Waals surface area contributed by atoms with Crippen LogP contribution in [-0.4, -0.2) is 0 Å². The van der Waals surface area contributed by atoms with Crippen LogP contribution in [0.15, 0.2) is 25.8 Å². The maximum Gasteiger partial charge on any atom is 0.0701 e. The molecule has 0 saturated carbocycles. The van der Waals surface area contributed by atoms with E-state index in [0.717, 1.165) is 13.8 Å². The third kappa shape index (κ3) is 2.53. The van der Waals surface area contributed by atoms with Gasteiger partial charge in [-0.15, -0.1) is 22.7 Å². The smallest absolute Gasteiger partial charge is 0.0701 e. The lowest BCUT2D eigenvalue weighted by molar-refractivity contribution is 0.894. The summed E-state index contributed by atoms with van der Waals surface area (Å²) in [5.74, 6) is 0. The van der Waals surface area contributed by atoms with Gasteiger partial charge in [-0.05, 0) is 61.9 Å². The number of nitrogens with two attached hydrogens (primary N) is 1. The van der Waals surface area contributed by atoms with Crippen molar-refractivity contribution in [2.75, 3.05) is 0 Å². The highest BCUT2D eigenvalue weighted by Crippen LogP contribution is 2.36. The van der Waals surface area contributed by atoms with E-state index < -0.39 is 0 Å². The highest BCUT2D eigenvalue weighted by molar-refractivity contribution is 9.11. The van der Waals surface area contributed by atoms with Crippen molar-refractivity contribution >= 4 is 54.5 Å². The topological polar surface area (TPSA) is 26.0 Å². The minimum absolute atomic E-state index is 0.0272. The van der Waals surface area contributed by atoms with Crippen LogP contribution in [0.5, 0.6) is 0 Å². The first kappa shape index (κ1) is 11.8. The van der Waals surface area contributed by atoms with Gasteiger partial charge in [0.05, 0.1) is 9.83 Å². The van der Waals surface area contributed by atoms with Gasteiger partial charge in [-0.2, -0.15) is 0 Å². The molecule has 2 aromatic rings. The third-order valence-corrected chi connectivity index (χ3v) is 5.64. The van der Waals surface area contributed by atoms with Crippen molar-refractivity contribution in [3.63, 3.8) is 0 Å². The van der Waals surface area contributed by atoms with E-state index in [9.17, 15) is 0 Å². The molecule has 0 amide bonds. The fourth-order valence-corrected chi connectivity index (χ4v) is 4.49. The van der Waals surface area contributed by atoms with E-state index in [1.807, 2.05) is 0 Å². The van der Waals surface area contributed by atoms with Crippen LogP contribution in [0.4, 0.5) is 0 Å². The molecule has 0 aliphatic carbocycles. The van der Waals surface area contributed by atoms with Crippen molar-refractivity contribution in [2.24, 2.45) is 5.73 Å². The third-order valence-electron chi connectivity index (χ3n) is 2.07. The van der Waals surface area contributed by atoms with Crippen LogP contribution in [-0.2, 0) is 0 Å². The normalized spacial score (nSPS) is 13.1. The summed E-state index contributed by atoms with van der Waals surface area (Å²) >= 11 is 10.4. The van der Waals surface area contributed by atoms with Crippen LogP contribution in [0.3, 0.4) is 0 Å². The summed E-state index contributed by atoms with van der Waals surface area (Å²) < 4.78 is 2.23. The number of hydrogen-bond donors (Lipinski definition) is 1. The number of halogens is 2. The second kappa shape index (κ2) is 4.67. The number of rotatable bonds is 2. The Morgan fingerprint density at radius 3 is 2.53 bits per heavy atom. The van der Waals surface area contributed by atoms with E-state index in [1.165, 1.54) is 9.75 Å². The number of thiophene rings is 2. The minimum Gasteiger partial charge on any atom is -0.320 e. The molecule has 0 bridgehead atoms. The summed E-state index contributed by atoms with van der Waals surface area (Å²) in [7, 11) is 0. The van der Waals surface area contributed by atoms with Crippen molar-refractivity contribution in [1.82, 2.24) is 0 Å². The van der Waals surface area contributed by atoms with Gasteiger partial charge in [-0.1, -0.05) is 0 Å². The van der Waals surface area contributed by atoms with Gasteiger partial charge in [0.2, 0.25) is 0 Å². The van der Waals surface area contributed by atoms with Crippen LogP contribution in [0, 0.1) is 6.92 Å². The fraction of sp³-hybridized carbons (Fsp3) is 0.200. The Bertz CT molecular complexity index is 475. The molecule has 5 heteroatoms. The molecule has 2 N–H and O–H groups in total. The van der Waals surface area contributed by atoms with E-state index in [2.05, 4.69) is 56.3 Å². The first-order valence-electron chi connectivity index (χ1n) is 4.33. The zero-order valence-corrected chi connectivity index (χ0v) is 12.8. The summed E-state index contributed by atoms with van der Waals surface area (Å²) in [6.07, 6.45) is 0. The zero-order valence-electron chi connectivity index (χ0n) is 7.96. The van der Waals surface area contributed by atoms with Gasteiger partial charge < -0.3 is 5.73 Å². The molecule has 0 saturated heterocycles. The lowest BCUT2D eigenvalue weighted by Gasteiger charge is -2.07. The molecule has 0 aromatic carbocycles. The van der Waals surface area contributed by atoms with Gasteiger partial charge in [0, 0.05) is 14.2 Å². The van der Waals surface area contributed by atoms with E-state index in [1.54, 1.807) is 22.7 Å². The average molecular weight is 367 g/mol. The molecule has 2 heterocycles. The minimum atomic E-state index is -0.0272. The Hall–Kier alpha value is 0.320. The Morgan fingerprint density at radius 1 is 1.33 bits per heavy atom. The first-order chi connectivity index (χ1) is 7.08. The molecular weight excluding hydrogens is 358 g/mol. The SMILES string of the molecule is Cc1cc(Br)c(C(N)c2csc(Br)c2)s1. The highest BCUT2D eigenvalue weighted by atomic mass is 79.9. The standard InChI is InChI=1S/C10H9Br2NS2/c1-5-2-7(11)10(15-5)9(13)6-3-8(12)14-4-6/h2-4,9H,13H2,1H3. The molecule has 2 aromatic heterocycles. The highest BCUT2D eigenvalue weighted by Gasteiger charge is 2.16. The predicted octanol–water partition coefficient (Wildman–Crippen LogP) is 4.69. The monoisotopic (exact) mass is 365 g/mol. The number of aryl methyl sites for hydroxylation is 1. The molecule has 0 radical (unpaired) electrons. The van der Waals surface area contributed by atoms with Gasteiger partial charge in [0.15, 0.2) is 0 Å². The van der Waals surface area contributed by atoms with Gasteiger partial charge in [-0.3, -0.25) is 0 Å². The molecule has 2 rings (SSSR count). The van der Waals surface area contributed by atoms with Gasteiger partial charge in [0.1, 0.15) is 0 Å². The van der Waals surface area contributed by atoms with E-state index in [-0.39, 0.29) is 6.04 Å². The molecule has 1 atom stereocenters. The molecule has 15 heavy (non-hydrogen) atoms. The molecule has 1 nitrogen and oxygen atoms in total. The van der Waals surface area contributed by atoms with Crippen molar-refractivity contribution < 1.29 is 0 Å². The summed E-state index contributed by atoms with van der Waals surface area (Å²) in [6, 6.07) is 4.17. The summed E-state index contributed by atoms with van der Waals surface area (Å²) in [4.78, 5) is 2.47. The maximum absolute atomic E-state index is 6.21. The Kier molecular flexibility index (Phi) is 3.67. The predicted molar refractivity (Wildman–Crippen MR) is 74.8 cm³/mol. The zero-order chi connectivity index (χ0) is 11.0. The number of hydrogen-bond acceptors (Lipinski definition) is 3. The van der Waals surface area contributed by atoms with Crippen molar-refractivity contribution in [3.8, 4) is 0 Å². The van der Waals surface area contributed by atoms with Gasteiger partial charge >= 0.3 is 0 Å². The largest absolute Gasteiger partial charge is 0.320 e. The molecule has 0 spiro atoms. The van der Waals surface area contributed by atoms with Crippen LogP contribution in [0.1, 0.15) is 21.4 Å². The fourth-order valence-electron chi connectivity index (χ4n) is 1.35. The van der Waals surface area contributed by atoms with Crippen molar-refractivity contribution in [2.45, 2.75) is 13.0 Å². The Morgan fingerprint density at radius 2 is 2.07 bits per heavy atom. The quantitative estimate of drug-likeness (QED) is 0.819. The van der Waals surface area contributed by atoms with Crippen molar-refractivity contribution in [1.29, 1.82) is 0 Å². The van der Waals surface area contributed by atoms with Crippen LogP contribution in [0.2, 0.25) is 0 Å². The maximum atomic E-state index is 6.21. The van der Waals surface area contributed by atoms with Crippen LogP contribution >= 0.6 is 54.5 Å². The summed E-state index contributed by atoms with van der Waals surface area (Å²) in [6.45, 7) is 2.09. The molecule has 0 aliphatic rings. The lowest BCUT2D eigenvalue weighted by atomic mass is 10.1. The summed E-state index contributed by atoms with van der Waals surface area (Å²) in [5, 5.41) is 2.09. The second-order valence-corrected chi connectivity index (χ2v) is 7.66. The second-order valence-electron chi connectivity index (χ2n) is 3.23. The van der Waals surface area contributed by atoms with Gasteiger partial charge in [0.25, 0.3) is 0 Å². The van der Waals surface area contributed by atoms with Crippen LogP contribution < -0.4 is 5.73 Å². The molecule has 0 fully saturated rings. The average Bonchev–Trinajstić information content (AvgIpc) is 2.71. The lowest BCUT2D eigenvalue weighted by Crippen LogP contribution is -2.09. The molecule has 1 unspecified atom stereocenters. The van der Waals surface area contributed by atoms with Crippen LogP contribution in [0.25, 0.3) is 0 Å². The van der Waals surface area contributed by atoms with Gasteiger partial charge in [-0.25, -0.2) is 0 Å². The molecule has 80 valence electrons.